The predicted octanol–water partition coefficient (Wildman–Crippen LogP) is 5.78. The van der Waals surface area contributed by atoms with E-state index < -0.39 is 0 Å². The van der Waals surface area contributed by atoms with Crippen LogP contribution in [0.5, 0.6) is 0 Å². The molecule has 4 nitrogen and oxygen atoms in total. The predicted molar refractivity (Wildman–Crippen MR) is 121 cm³/mol. The molecular formula is C27H38O4. The first kappa shape index (κ1) is 22.4. The summed E-state index contributed by atoms with van der Waals surface area (Å²) in [5.74, 6) is 1.74. The van der Waals surface area contributed by atoms with Crippen LogP contribution in [-0.4, -0.2) is 25.2 Å². The van der Waals surface area contributed by atoms with Crippen molar-refractivity contribution < 1.29 is 19.1 Å². The Bertz CT molecular complexity index is 836. The molecule has 0 bridgehead atoms. The van der Waals surface area contributed by atoms with Crippen LogP contribution in [0.15, 0.2) is 35.5 Å². The first-order valence-electron chi connectivity index (χ1n) is 12.0. The molecule has 170 valence electrons. The standard InChI is InChI=1S/C27H38O4/c1-17(6-11-25(29)30-5)22-9-10-23-21-8-7-19-16-20(31-18(2)28)12-14-26(19,3)24(21)13-15-27(22,23)4/h6,9,11,13,17,19-21,23H,7-8,10,12,14-16H2,1-5H3/b11-6+/t17-,19-,20-,21?,23?,26+,27-/m1/s1. The van der Waals surface area contributed by atoms with Crippen molar-refractivity contribution in [3.63, 3.8) is 0 Å². The van der Waals surface area contributed by atoms with Gasteiger partial charge in [-0.05, 0) is 79.4 Å². The molecule has 0 spiro atoms. The molecule has 0 aromatic rings. The first-order valence-corrected chi connectivity index (χ1v) is 12.0. The van der Waals surface area contributed by atoms with E-state index in [2.05, 4.69) is 32.9 Å². The lowest BCUT2D eigenvalue weighted by atomic mass is 9.48. The zero-order valence-electron chi connectivity index (χ0n) is 19.8. The quantitative estimate of drug-likeness (QED) is 0.325. The molecule has 0 heterocycles. The Kier molecular flexibility index (Phi) is 5.95. The van der Waals surface area contributed by atoms with E-state index in [1.807, 2.05) is 6.08 Å². The molecule has 0 saturated heterocycles. The lowest BCUT2D eigenvalue weighted by Crippen LogP contribution is -2.48. The molecule has 4 heteroatoms. The largest absolute Gasteiger partial charge is 0.466 e. The van der Waals surface area contributed by atoms with Crippen LogP contribution in [0.2, 0.25) is 0 Å². The number of ether oxygens (including phenoxy) is 2. The number of hydrogen-bond acceptors (Lipinski definition) is 4. The Balaban J connectivity index is 1.54. The van der Waals surface area contributed by atoms with Crippen molar-refractivity contribution >= 4 is 11.9 Å². The topological polar surface area (TPSA) is 52.6 Å². The van der Waals surface area contributed by atoms with Crippen LogP contribution < -0.4 is 0 Å². The van der Waals surface area contributed by atoms with Crippen molar-refractivity contribution in [3.05, 3.63) is 35.5 Å². The van der Waals surface area contributed by atoms with Gasteiger partial charge in [0.2, 0.25) is 0 Å². The van der Waals surface area contributed by atoms with Gasteiger partial charge in [0, 0.05) is 13.0 Å². The summed E-state index contributed by atoms with van der Waals surface area (Å²) >= 11 is 0. The molecule has 2 fully saturated rings. The highest BCUT2D eigenvalue weighted by molar-refractivity contribution is 5.81. The van der Waals surface area contributed by atoms with Crippen molar-refractivity contribution in [2.75, 3.05) is 7.11 Å². The summed E-state index contributed by atoms with van der Waals surface area (Å²) in [6.07, 6.45) is 16.5. The Morgan fingerprint density at radius 2 is 1.94 bits per heavy atom. The van der Waals surface area contributed by atoms with Crippen molar-refractivity contribution in [3.8, 4) is 0 Å². The lowest BCUT2D eigenvalue weighted by Gasteiger charge is -2.57. The second-order valence-electron chi connectivity index (χ2n) is 10.8. The van der Waals surface area contributed by atoms with E-state index in [0.29, 0.717) is 17.8 Å². The maximum Gasteiger partial charge on any atom is 0.330 e. The van der Waals surface area contributed by atoms with Crippen LogP contribution in [0.25, 0.3) is 0 Å². The van der Waals surface area contributed by atoms with E-state index >= 15 is 0 Å². The lowest BCUT2D eigenvalue weighted by molar-refractivity contribution is -0.151. The minimum absolute atomic E-state index is 0.101. The monoisotopic (exact) mass is 426 g/mol. The van der Waals surface area contributed by atoms with Crippen molar-refractivity contribution in [1.82, 2.24) is 0 Å². The summed E-state index contributed by atoms with van der Waals surface area (Å²) in [5, 5.41) is 0. The molecular weight excluding hydrogens is 388 g/mol. The maximum atomic E-state index is 11.6. The molecule has 0 amide bonds. The summed E-state index contributed by atoms with van der Waals surface area (Å²) in [5.41, 5.74) is 3.60. The fourth-order valence-corrected chi connectivity index (χ4v) is 7.54. The highest BCUT2D eigenvalue weighted by Gasteiger charge is 2.55. The molecule has 4 aliphatic carbocycles. The number of allylic oxidation sites excluding steroid dienone is 5. The van der Waals surface area contributed by atoms with E-state index in [0.717, 1.165) is 32.1 Å². The van der Waals surface area contributed by atoms with Crippen LogP contribution >= 0.6 is 0 Å². The Morgan fingerprint density at radius 3 is 2.65 bits per heavy atom. The fraction of sp³-hybridized carbons (Fsp3) is 0.704. The Labute approximate surface area is 187 Å². The van der Waals surface area contributed by atoms with Gasteiger partial charge >= 0.3 is 11.9 Å². The van der Waals surface area contributed by atoms with Gasteiger partial charge in [0.1, 0.15) is 6.10 Å². The Morgan fingerprint density at radius 1 is 1.16 bits per heavy atom. The normalized spacial score (nSPS) is 40.2. The van der Waals surface area contributed by atoms with Gasteiger partial charge in [-0.3, -0.25) is 4.79 Å². The highest BCUT2D eigenvalue weighted by Crippen LogP contribution is 2.65. The molecule has 0 aromatic carbocycles. The number of fused-ring (bicyclic) bond motifs is 5. The van der Waals surface area contributed by atoms with Crippen LogP contribution in [0.1, 0.15) is 72.6 Å². The summed E-state index contributed by atoms with van der Waals surface area (Å²) in [7, 11) is 1.42. The molecule has 0 aliphatic heterocycles. The van der Waals surface area contributed by atoms with E-state index in [1.54, 1.807) is 11.6 Å². The number of hydrogen-bond donors (Lipinski definition) is 0. The smallest absolute Gasteiger partial charge is 0.330 e. The number of methoxy groups -OCH3 is 1. The highest BCUT2D eigenvalue weighted by atomic mass is 16.5. The molecule has 0 radical (unpaired) electrons. The van der Waals surface area contributed by atoms with Gasteiger partial charge in [0.15, 0.2) is 0 Å². The van der Waals surface area contributed by atoms with E-state index in [9.17, 15) is 9.59 Å². The van der Waals surface area contributed by atoms with Gasteiger partial charge < -0.3 is 9.47 Å². The van der Waals surface area contributed by atoms with Crippen LogP contribution in [0.4, 0.5) is 0 Å². The van der Waals surface area contributed by atoms with Crippen molar-refractivity contribution in [2.24, 2.45) is 34.5 Å². The van der Waals surface area contributed by atoms with Crippen LogP contribution in [0.3, 0.4) is 0 Å². The number of esters is 2. The zero-order valence-corrected chi connectivity index (χ0v) is 19.8. The average Bonchev–Trinajstić information content (AvgIpc) is 3.09. The molecule has 7 atom stereocenters. The molecule has 31 heavy (non-hydrogen) atoms. The molecule has 0 aromatic heterocycles. The van der Waals surface area contributed by atoms with E-state index in [1.165, 1.54) is 32.4 Å². The summed E-state index contributed by atoms with van der Waals surface area (Å²) in [6.45, 7) is 8.65. The maximum absolute atomic E-state index is 11.6. The number of carbonyl (C=O) groups is 2. The number of carbonyl (C=O) groups excluding carboxylic acids is 2. The average molecular weight is 427 g/mol. The second-order valence-corrected chi connectivity index (χ2v) is 10.8. The second kappa shape index (κ2) is 8.26. The molecule has 0 N–H and O–H groups in total. The SMILES string of the molecule is COC(=O)/C=C/[C@@H](C)C1=CCC2C3CC[C@@H]4C[C@H](OC(C)=O)CC[C@]4(C)C3=CC[C@]12C. The zero-order chi connectivity index (χ0) is 22.4. The molecule has 2 unspecified atom stereocenters. The third kappa shape index (κ3) is 3.81. The van der Waals surface area contributed by atoms with Crippen LogP contribution in [-0.2, 0) is 19.1 Å². The minimum Gasteiger partial charge on any atom is -0.466 e. The Hall–Kier alpha value is -1.84. The third-order valence-electron chi connectivity index (χ3n) is 9.17. The first-order chi connectivity index (χ1) is 14.7. The van der Waals surface area contributed by atoms with E-state index in [-0.39, 0.29) is 34.8 Å². The molecule has 2 saturated carbocycles. The van der Waals surface area contributed by atoms with Crippen molar-refractivity contribution in [1.29, 1.82) is 0 Å². The third-order valence-corrected chi connectivity index (χ3v) is 9.17. The number of rotatable bonds is 4. The summed E-state index contributed by atoms with van der Waals surface area (Å²) in [4.78, 5) is 23.0. The van der Waals surface area contributed by atoms with Gasteiger partial charge in [0.25, 0.3) is 0 Å². The minimum atomic E-state index is -0.284. The molecule has 4 aliphatic rings. The summed E-state index contributed by atoms with van der Waals surface area (Å²) < 4.78 is 10.4. The van der Waals surface area contributed by atoms with Crippen molar-refractivity contribution in [2.45, 2.75) is 78.7 Å². The van der Waals surface area contributed by atoms with Gasteiger partial charge in [-0.15, -0.1) is 0 Å². The molecule has 4 rings (SSSR count). The van der Waals surface area contributed by atoms with Crippen LogP contribution in [0, 0.1) is 34.5 Å². The van der Waals surface area contributed by atoms with E-state index in [4.69, 9.17) is 9.47 Å². The van der Waals surface area contributed by atoms with Gasteiger partial charge in [0.05, 0.1) is 7.11 Å². The fourth-order valence-electron chi connectivity index (χ4n) is 7.54. The van der Waals surface area contributed by atoms with Gasteiger partial charge in [-0.2, -0.15) is 0 Å². The van der Waals surface area contributed by atoms with Gasteiger partial charge in [-0.25, -0.2) is 4.79 Å². The van der Waals surface area contributed by atoms with Gasteiger partial charge in [-0.1, -0.05) is 50.1 Å². The summed E-state index contributed by atoms with van der Waals surface area (Å²) in [6, 6.07) is 0.